The molecule has 1 saturated heterocycles. The molecule has 2 fully saturated rings. The molecule has 0 aromatic heterocycles. The maximum absolute atomic E-state index is 12.7. The summed E-state index contributed by atoms with van der Waals surface area (Å²) in [6.07, 6.45) is 6.20. The van der Waals surface area contributed by atoms with E-state index in [1.807, 2.05) is 18.2 Å². The van der Waals surface area contributed by atoms with Crippen LogP contribution in [0.15, 0.2) is 24.3 Å². The molecule has 19 heavy (non-hydrogen) atoms. The van der Waals surface area contributed by atoms with E-state index in [1.54, 1.807) is 6.07 Å². The molecule has 0 radical (unpaired) electrons. The van der Waals surface area contributed by atoms with E-state index >= 15 is 0 Å². The fourth-order valence-electron chi connectivity index (χ4n) is 3.83. The van der Waals surface area contributed by atoms with Crippen molar-refractivity contribution in [1.29, 1.82) is 0 Å². The second-order valence-electron chi connectivity index (χ2n) is 5.92. The van der Waals surface area contributed by atoms with Gasteiger partial charge in [-0.05, 0) is 50.3 Å². The zero-order valence-electron chi connectivity index (χ0n) is 11.3. The van der Waals surface area contributed by atoms with Gasteiger partial charge in [0.2, 0.25) is 0 Å². The summed E-state index contributed by atoms with van der Waals surface area (Å²) in [5.41, 5.74) is 0.727. The summed E-state index contributed by atoms with van der Waals surface area (Å²) < 4.78 is 0. The number of benzene rings is 1. The average Bonchev–Trinajstić information content (AvgIpc) is 2.74. The van der Waals surface area contributed by atoms with Crippen LogP contribution in [-0.4, -0.2) is 22.9 Å². The van der Waals surface area contributed by atoms with Crippen LogP contribution in [-0.2, 0) is 0 Å². The predicted octanol–water partition coefficient (Wildman–Crippen LogP) is 4.13. The normalized spacial score (nSPS) is 30.2. The lowest BCUT2D eigenvalue weighted by atomic mass is 9.85. The summed E-state index contributed by atoms with van der Waals surface area (Å²) in [4.78, 5) is 14.9. The van der Waals surface area contributed by atoms with Crippen LogP contribution in [0.5, 0.6) is 0 Å². The summed E-state index contributed by atoms with van der Waals surface area (Å²) in [6, 6.07) is 8.14. The summed E-state index contributed by atoms with van der Waals surface area (Å²) in [6.45, 7) is 2.18. The summed E-state index contributed by atoms with van der Waals surface area (Å²) in [5, 5.41) is 0.637. The van der Waals surface area contributed by atoms with Gasteiger partial charge in [-0.1, -0.05) is 30.5 Å². The first kappa shape index (κ1) is 13.0. The van der Waals surface area contributed by atoms with Crippen molar-refractivity contribution in [3.8, 4) is 0 Å². The molecule has 3 unspecified atom stereocenters. The van der Waals surface area contributed by atoms with E-state index in [2.05, 4.69) is 11.8 Å². The smallest absolute Gasteiger partial charge is 0.254 e. The molecular formula is C16H20ClNO. The Morgan fingerprint density at radius 1 is 1.32 bits per heavy atom. The third-order valence-electron chi connectivity index (χ3n) is 4.65. The topological polar surface area (TPSA) is 20.3 Å². The number of carbonyl (C=O) groups is 1. The van der Waals surface area contributed by atoms with Crippen LogP contribution in [0, 0.1) is 5.92 Å². The monoisotopic (exact) mass is 277 g/mol. The largest absolute Gasteiger partial charge is 0.333 e. The van der Waals surface area contributed by atoms with Crippen LogP contribution in [0.3, 0.4) is 0 Å². The Labute approximate surface area is 119 Å². The average molecular weight is 278 g/mol. The Balaban J connectivity index is 1.86. The second kappa shape index (κ2) is 5.16. The van der Waals surface area contributed by atoms with Gasteiger partial charge in [-0.25, -0.2) is 0 Å². The number of hydrogen-bond donors (Lipinski definition) is 0. The SMILES string of the molecule is CC1CC2CCCCC2N1C(=O)c1cccc(Cl)c1. The third-order valence-corrected chi connectivity index (χ3v) is 4.89. The lowest BCUT2D eigenvalue weighted by Crippen LogP contribution is -2.42. The van der Waals surface area contributed by atoms with Gasteiger partial charge < -0.3 is 4.90 Å². The Morgan fingerprint density at radius 2 is 2.11 bits per heavy atom. The lowest BCUT2D eigenvalue weighted by molar-refractivity contribution is 0.0633. The maximum atomic E-state index is 12.7. The highest BCUT2D eigenvalue weighted by Gasteiger charge is 2.42. The first-order chi connectivity index (χ1) is 9.16. The molecule has 3 heteroatoms. The standard InChI is InChI=1S/C16H20ClNO/c1-11-9-12-5-2-3-8-15(12)18(11)16(19)13-6-4-7-14(17)10-13/h4,6-7,10-12,15H,2-3,5,8-9H2,1H3. The molecular weight excluding hydrogens is 258 g/mol. The first-order valence-electron chi connectivity index (χ1n) is 7.25. The Kier molecular flexibility index (Phi) is 3.53. The number of amides is 1. The third kappa shape index (κ3) is 2.38. The van der Waals surface area contributed by atoms with Gasteiger partial charge in [0, 0.05) is 22.7 Å². The van der Waals surface area contributed by atoms with Crippen LogP contribution in [0.25, 0.3) is 0 Å². The van der Waals surface area contributed by atoms with Crippen LogP contribution < -0.4 is 0 Å². The van der Waals surface area contributed by atoms with Crippen molar-refractivity contribution >= 4 is 17.5 Å². The van der Waals surface area contributed by atoms with Crippen molar-refractivity contribution in [2.75, 3.05) is 0 Å². The van der Waals surface area contributed by atoms with Gasteiger partial charge in [0.15, 0.2) is 0 Å². The highest BCUT2D eigenvalue weighted by molar-refractivity contribution is 6.30. The molecule has 0 bridgehead atoms. The van der Waals surface area contributed by atoms with Crippen molar-refractivity contribution in [2.24, 2.45) is 5.92 Å². The zero-order valence-corrected chi connectivity index (χ0v) is 12.1. The van der Waals surface area contributed by atoms with Gasteiger partial charge in [0.25, 0.3) is 5.91 Å². The summed E-state index contributed by atoms with van der Waals surface area (Å²) in [5.74, 6) is 0.872. The second-order valence-corrected chi connectivity index (χ2v) is 6.36. The first-order valence-corrected chi connectivity index (χ1v) is 7.63. The van der Waals surface area contributed by atoms with Crippen molar-refractivity contribution in [2.45, 2.75) is 51.1 Å². The fourth-order valence-corrected chi connectivity index (χ4v) is 4.02. The minimum Gasteiger partial charge on any atom is -0.333 e. The van der Waals surface area contributed by atoms with Gasteiger partial charge in [0.05, 0.1) is 0 Å². The molecule has 1 aromatic rings. The van der Waals surface area contributed by atoms with Crippen LogP contribution in [0.1, 0.15) is 49.4 Å². The minimum absolute atomic E-state index is 0.157. The van der Waals surface area contributed by atoms with Crippen molar-refractivity contribution < 1.29 is 4.79 Å². The number of carbonyl (C=O) groups excluding carboxylic acids is 1. The minimum atomic E-state index is 0.157. The van der Waals surface area contributed by atoms with E-state index < -0.39 is 0 Å². The van der Waals surface area contributed by atoms with Gasteiger partial charge >= 0.3 is 0 Å². The molecule has 3 rings (SSSR count). The molecule has 102 valence electrons. The summed E-state index contributed by atoms with van der Waals surface area (Å²) >= 11 is 6.00. The number of likely N-dealkylation sites (tertiary alicyclic amines) is 1. The van der Waals surface area contributed by atoms with E-state index in [0.29, 0.717) is 23.0 Å². The van der Waals surface area contributed by atoms with Gasteiger partial charge in [0.1, 0.15) is 0 Å². The number of nitrogens with zero attached hydrogens (tertiary/aromatic N) is 1. The molecule has 1 amide bonds. The Bertz CT molecular complexity index is 487. The van der Waals surface area contributed by atoms with E-state index in [0.717, 1.165) is 12.0 Å². The van der Waals surface area contributed by atoms with Crippen molar-refractivity contribution in [3.05, 3.63) is 34.9 Å². The van der Waals surface area contributed by atoms with Crippen molar-refractivity contribution in [3.63, 3.8) is 0 Å². The van der Waals surface area contributed by atoms with Gasteiger partial charge in [-0.15, -0.1) is 0 Å². The molecule has 1 aromatic carbocycles. The Hall–Kier alpha value is -1.02. The molecule has 0 N–H and O–H groups in total. The maximum Gasteiger partial charge on any atom is 0.254 e. The highest BCUT2D eigenvalue weighted by Crippen LogP contribution is 2.40. The number of hydrogen-bond acceptors (Lipinski definition) is 1. The van der Waals surface area contributed by atoms with E-state index in [-0.39, 0.29) is 5.91 Å². The lowest BCUT2D eigenvalue weighted by Gasteiger charge is -2.33. The van der Waals surface area contributed by atoms with Gasteiger partial charge in [-0.3, -0.25) is 4.79 Å². The van der Waals surface area contributed by atoms with E-state index in [9.17, 15) is 4.79 Å². The molecule has 1 aliphatic heterocycles. The molecule has 1 aliphatic carbocycles. The van der Waals surface area contributed by atoms with Crippen LogP contribution in [0.2, 0.25) is 5.02 Å². The molecule has 0 spiro atoms. The molecule has 2 nitrogen and oxygen atoms in total. The predicted molar refractivity (Wildman–Crippen MR) is 77.4 cm³/mol. The molecule has 3 atom stereocenters. The Morgan fingerprint density at radius 3 is 2.89 bits per heavy atom. The van der Waals surface area contributed by atoms with Crippen LogP contribution >= 0.6 is 11.6 Å². The quantitative estimate of drug-likeness (QED) is 0.756. The summed E-state index contributed by atoms with van der Waals surface area (Å²) in [7, 11) is 0. The zero-order chi connectivity index (χ0) is 13.4. The van der Waals surface area contributed by atoms with Gasteiger partial charge in [-0.2, -0.15) is 0 Å². The number of halogens is 1. The molecule has 1 saturated carbocycles. The fraction of sp³-hybridized carbons (Fsp3) is 0.562. The molecule has 1 heterocycles. The number of rotatable bonds is 1. The molecule has 2 aliphatic rings. The van der Waals surface area contributed by atoms with E-state index in [4.69, 9.17) is 11.6 Å². The van der Waals surface area contributed by atoms with E-state index in [1.165, 1.54) is 25.7 Å². The number of fused-ring (bicyclic) bond motifs is 1. The van der Waals surface area contributed by atoms with Crippen molar-refractivity contribution in [1.82, 2.24) is 4.90 Å². The van der Waals surface area contributed by atoms with Crippen LogP contribution in [0.4, 0.5) is 0 Å². The highest BCUT2D eigenvalue weighted by atomic mass is 35.5.